The van der Waals surface area contributed by atoms with Crippen molar-refractivity contribution in [1.82, 2.24) is 15.1 Å². The Morgan fingerprint density at radius 2 is 2.07 bits per heavy atom. The Balaban J connectivity index is 1.59. The van der Waals surface area contributed by atoms with Crippen molar-refractivity contribution >= 4 is 50.7 Å². The third-order valence-corrected chi connectivity index (χ3v) is 6.63. The van der Waals surface area contributed by atoms with Gasteiger partial charge in [-0.15, -0.1) is 11.3 Å². The van der Waals surface area contributed by atoms with E-state index in [4.69, 9.17) is 27.9 Å². The van der Waals surface area contributed by atoms with Crippen molar-refractivity contribution in [3.8, 4) is 0 Å². The zero-order valence-corrected chi connectivity index (χ0v) is 17.3. The summed E-state index contributed by atoms with van der Waals surface area (Å²) in [5.74, 6) is -0.0638. The van der Waals surface area contributed by atoms with Crippen LogP contribution < -0.4 is 5.32 Å². The van der Waals surface area contributed by atoms with Crippen molar-refractivity contribution in [2.45, 2.75) is 20.4 Å². The van der Waals surface area contributed by atoms with Gasteiger partial charge < -0.3 is 10.1 Å². The lowest BCUT2D eigenvalue weighted by Crippen LogP contribution is -2.48. The number of rotatable bonds is 5. The zero-order valence-electron chi connectivity index (χ0n) is 15.0. The van der Waals surface area contributed by atoms with Crippen LogP contribution in [-0.2, 0) is 11.3 Å². The maximum absolute atomic E-state index is 12.6. The highest BCUT2D eigenvalue weighted by molar-refractivity contribution is 7.20. The molecule has 0 atom stereocenters. The quantitative estimate of drug-likeness (QED) is 0.655. The molecule has 0 aliphatic carbocycles. The van der Waals surface area contributed by atoms with E-state index < -0.39 is 0 Å². The topological polar surface area (TPSA) is 56.2 Å². The maximum atomic E-state index is 12.6. The number of aryl methyl sites for hydroxylation is 1. The summed E-state index contributed by atoms with van der Waals surface area (Å²) in [6, 6.07) is 7.35. The molecule has 0 saturated carbocycles. The van der Waals surface area contributed by atoms with Crippen LogP contribution in [0.4, 0.5) is 0 Å². The molecule has 3 aromatic rings. The van der Waals surface area contributed by atoms with Crippen LogP contribution in [0, 0.1) is 12.3 Å². The molecule has 0 spiro atoms. The number of ether oxygens (including phenoxy) is 1. The first-order valence-electron chi connectivity index (χ1n) is 8.62. The molecule has 3 heterocycles. The fourth-order valence-electron chi connectivity index (χ4n) is 3.10. The number of halogens is 2. The fraction of sp³-hybridized carbons (Fsp3) is 0.368. The molecule has 1 N–H and O–H groups in total. The number of nitrogens with zero attached hydrogens (tertiary/aromatic N) is 2. The van der Waals surface area contributed by atoms with E-state index in [-0.39, 0.29) is 11.3 Å². The highest BCUT2D eigenvalue weighted by atomic mass is 35.5. The van der Waals surface area contributed by atoms with E-state index >= 15 is 0 Å². The number of fused-ring (bicyclic) bond motifs is 1. The number of benzene rings is 1. The highest BCUT2D eigenvalue weighted by Crippen LogP contribution is 2.32. The van der Waals surface area contributed by atoms with Crippen molar-refractivity contribution in [1.29, 1.82) is 0 Å². The average molecular weight is 424 g/mol. The van der Waals surface area contributed by atoms with Crippen LogP contribution in [0.3, 0.4) is 0 Å². The molecule has 27 heavy (non-hydrogen) atoms. The first-order valence-corrected chi connectivity index (χ1v) is 10.2. The second-order valence-corrected chi connectivity index (χ2v) is 9.10. The molecule has 1 amide bonds. The Bertz CT molecular complexity index is 1000. The third kappa shape index (κ3) is 3.59. The first-order chi connectivity index (χ1) is 12.9. The Morgan fingerprint density at radius 1 is 1.37 bits per heavy atom. The SMILES string of the molecule is Cc1nn(Cc2c(Cl)cccc2Cl)c2sc(C(=O)NCC3(C)COC3)cc12. The Kier molecular flexibility index (Phi) is 4.93. The summed E-state index contributed by atoms with van der Waals surface area (Å²) in [7, 11) is 0. The van der Waals surface area contributed by atoms with Crippen LogP contribution in [0.15, 0.2) is 24.3 Å². The molecule has 142 valence electrons. The van der Waals surface area contributed by atoms with Crippen LogP contribution >= 0.6 is 34.5 Å². The molecule has 8 heteroatoms. The summed E-state index contributed by atoms with van der Waals surface area (Å²) in [5.41, 5.74) is 1.74. The van der Waals surface area contributed by atoms with Gasteiger partial charge in [0.05, 0.1) is 30.3 Å². The van der Waals surface area contributed by atoms with Gasteiger partial charge in [0, 0.05) is 33.0 Å². The summed E-state index contributed by atoms with van der Waals surface area (Å²) in [6.45, 7) is 6.49. The third-order valence-electron chi connectivity index (χ3n) is 4.78. The summed E-state index contributed by atoms with van der Waals surface area (Å²) in [6.07, 6.45) is 0. The van der Waals surface area contributed by atoms with E-state index in [9.17, 15) is 4.79 Å². The van der Waals surface area contributed by atoms with Gasteiger partial charge in [0.1, 0.15) is 4.83 Å². The predicted octanol–water partition coefficient (Wildman–Crippen LogP) is 4.53. The number of hydrogen-bond donors (Lipinski definition) is 1. The number of thiophene rings is 1. The van der Waals surface area contributed by atoms with Crippen molar-refractivity contribution < 1.29 is 9.53 Å². The van der Waals surface area contributed by atoms with Crippen LogP contribution in [0.25, 0.3) is 10.2 Å². The average Bonchev–Trinajstić information content (AvgIpc) is 3.16. The maximum Gasteiger partial charge on any atom is 0.261 e. The standard InChI is InChI=1S/C19H19Cl2N3O2S/c1-11-12-6-16(17(25)22-8-19(2)9-26-10-19)27-18(12)24(23-11)7-13-14(20)4-3-5-15(13)21/h3-6H,7-10H2,1-2H3,(H,22,25). The van der Waals surface area contributed by atoms with Gasteiger partial charge in [-0.05, 0) is 25.1 Å². The predicted molar refractivity (Wildman–Crippen MR) is 109 cm³/mol. The molecule has 1 aliphatic rings. The van der Waals surface area contributed by atoms with E-state index in [1.807, 2.05) is 35.9 Å². The Labute approximate surface area is 171 Å². The second kappa shape index (κ2) is 7.09. The van der Waals surface area contributed by atoms with E-state index in [0.29, 0.717) is 41.2 Å². The smallest absolute Gasteiger partial charge is 0.261 e. The minimum Gasteiger partial charge on any atom is -0.380 e. The molecule has 1 saturated heterocycles. The lowest BCUT2D eigenvalue weighted by Gasteiger charge is -2.37. The monoisotopic (exact) mass is 423 g/mol. The Hall–Kier alpha value is -1.60. The van der Waals surface area contributed by atoms with Gasteiger partial charge in [-0.3, -0.25) is 4.79 Å². The van der Waals surface area contributed by atoms with Crippen molar-refractivity contribution in [3.63, 3.8) is 0 Å². The van der Waals surface area contributed by atoms with Gasteiger partial charge in [-0.2, -0.15) is 5.10 Å². The molecule has 1 fully saturated rings. The van der Waals surface area contributed by atoms with E-state index in [1.54, 1.807) is 0 Å². The van der Waals surface area contributed by atoms with E-state index in [1.165, 1.54) is 11.3 Å². The lowest BCUT2D eigenvalue weighted by molar-refractivity contribution is -0.0978. The molecule has 4 rings (SSSR count). The van der Waals surface area contributed by atoms with E-state index in [0.717, 1.165) is 21.5 Å². The summed E-state index contributed by atoms with van der Waals surface area (Å²) < 4.78 is 7.10. The van der Waals surface area contributed by atoms with Crippen molar-refractivity contribution in [3.05, 3.63) is 50.4 Å². The van der Waals surface area contributed by atoms with Crippen molar-refractivity contribution in [2.24, 2.45) is 5.41 Å². The molecule has 1 aliphatic heterocycles. The van der Waals surface area contributed by atoms with E-state index in [2.05, 4.69) is 17.3 Å². The first kappa shape index (κ1) is 18.7. The largest absolute Gasteiger partial charge is 0.380 e. The number of hydrogen-bond acceptors (Lipinski definition) is 4. The van der Waals surface area contributed by atoms with Crippen LogP contribution in [0.2, 0.25) is 10.0 Å². The van der Waals surface area contributed by atoms with Gasteiger partial charge in [-0.25, -0.2) is 4.68 Å². The Morgan fingerprint density at radius 3 is 2.70 bits per heavy atom. The zero-order chi connectivity index (χ0) is 19.2. The second-order valence-electron chi connectivity index (χ2n) is 7.26. The normalized spacial score (nSPS) is 15.7. The molecular weight excluding hydrogens is 405 g/mol. The number of carbonyl (C=O) groups is 1. The van der Waals surface area contributed by atoms with Gasteiger partial charge in [0.15, 0.2) is 0 Å². The molecule has 2 aromatic heterocycles. The summed E-state index contributed by atoms with van der Waals surface area (Å²) in [5, 5.41) is 9.81. The number of aromatic nitrogens is 2. The highest BCUT2D eigenvalue weighted by Gasteiger charge is 2.33. The molecule has 0 bridgehead atoms. The molecular formula is C19H19Cl2N3O2S. The van der Waals surface area contributed by atoms with Gasteiger partial charge in [0.25, 0.3) is 5.91 Å². The fourth-order valence-corrected chi connectivity index (χ4v) is 4.69. The molecule has 0 unspecified atom stereocenters. The van der Waals surface area contributed by atoms with Crippen LogP contribution in [-0.4, -0.2) is 35.4 Å². The number of carbonyl (C=O) groups excluding carboxylic acids is 1. The lowest BCUT2D eigenvalue weighted by atomic mass is 9.89. The van der Waals surface area contributed by atoms with Crippen LogP contribution in [0.5, 0.6) is 0 Å². The van der Waals surface area contributed by atoms with Crippen molar-refractivity contribution in [2.75, 3.05) is 19.8 Å². The van der Waals surface area contributed by atoms with Crippen LogP contribution in [0.1, 0.15) is 27.9 Å². The van der Waals surface area contributed by atoms with Gasteiger partial charge in [-0.1, -0.05) is 36.2 Å². The molecule has 0 radical (unpaired) electrons. The van der Waals surface area contributed by atoms with Gasteiger partial charge >= 0.3 is 0 Å². The summed E-state index contributed by atoms with van der Waals surface area (Å²) in [4.78, 5) is 14.2. The molecule has 1 aromatic carbocycles. The van der Waals surface area contributed by atoms with Gasteiger partial charge in [0.2, 0.25) is 0 Å². The number of amides is 1. The minimum absolute atomic E-state index is 0.0415. The number of nitrogens with one attached hydrogen (secondary N) is 1. The molecule has 5 nitrogen and oxygen atoms in total. The summed E-state index contributed by atoms with van der Waals surface area (Å²) >= 11 is 14.0. The minimum atomic E-state index is -0.0638.